The maximum Gasteiger partial charge on any atom is 0.325 e. The molecular weight excluding hydrogens is 386 g/mol. The summed E-state index contributed by atoms with van der Waals surface area (Å²) in [4.78, 5) is 39.9. The van der Waals surface area contributed by atoms with Crippen LogP contribution >= 0.6 is 15.9 Å². The summed E-state index contributed by atoms with van der Waals surface area (Å²) in [6, 6.07) is 6.53. The molecule has 7 heteroatoms. The number of carbonyl (C=O) groups excluding carboxylic acids is 3. The van der Waals surface area contributed by atoms with Crippen LogP contribution < -0.4 is 5.32 Å². The number of nitrogens with one attached hydrogen (secondary N) is 1. The molecule has 132 valence electrons. The van der Waals surface area contributed by atoms with Gasteiger partial charge in [0, 0.05) is 17.6 Å². The van der Waals surface area contributed by atoms with Crippen LogP contribution in [0.15, 0.2) is 54.0 Å². The van der Waals surface area contributed by atoms with E-state index in [4.69, 9.17) is 0 Å². The highest BCUT2D eigenvalue weighted by Gasteiger charge is 2.49. The predicted molar refractivity (Wildman–Crippen MR) is 98.7 cm³/mol. The molecule has 0 spiro atoms. The molecule has 1 saturated heterocycles. The predicted octanol–water partition coefficient (Wildman–Crippen LogP) is 2.42. The van der Waals surface area contributed by atoms with Crippen molar-refractivity contribution in [2.45, 2.75) is 12.5 Å². The average molecular weight is 406 g/mol. The summed E-state index contributed by atoms with van der Waals surface area (Å²) < 4.78 is 0.869. The van der Waals surface area contributed by atoms with Crippen LogP contribution in [0.4, 0.5) is 4.79 Å². The van der Waals surface area contributed by atoms with Crippen molar-refractivity contribution in [1.82, 2.24) is 15.1 Å². The molecular formula is C18H20BrN3O3. The molecule has 4 amide bonds. The van der Waals surface area contributed by atoms with Crippen molar-refractivity contribution in [3.05, 3.63) is 59.6 Å². The monoisotopic (exact) mass is 405 g/mol. The Labute approximate surface area is 155 Å². The summed E-state index contributed by atoms with van der Waals surface area (Å²) in [7, 11) is 0. The largest absolute Gasteiger partial charge is 0.334 e. The van der Waals surface area contributed by atoms with Gasteiger partial charge in [-0.1, -0.05) is 40.2 Å². The van der Waals surface area contributed by atoms with Gasteiger partial charge >= 0.3 is 6.03 Å². The van der Waals surface area contributed by atoms with E-state index in [-0.39, 0.29) is 12.5 Å². The summed E-state index contributed by atoms with van der Waals surface area (Å²) in [6.07, 6.45) is 3.17. The summed E-state index contributed by atoms with van der Waals surface area (Å²) in [5.41, 5.74) is -0.544. The zero-order valence-electron chi connectivity index (χ0n) is 14.0. The number of rotatable bonds is 7. The fourth-order valence-electron chi connectivity index (χ4n) is 2.64. The van der Waals surface area contributed by atoms with E-state index < -0.39 is 17.5 Å². The molecule has 0 aliphatic carbocycles. The van der Waals surface area contributed by atoms with Gasteiger partial charge in [-0.25, -0.2) is 4.79 Å². The first-order valence-electron chi connectivity index (χ1n) is 7.73. The van der Waals surface area contributed by atoms with Gasteiger partial charge in [0.2, 0.25) is 5.91 Å². The van der Waals surface area contributed by atoms with Gasteiger partial charge < -0.3 is 10.2 Å². The number of nitrogens with zero attached hydrogens (tertiary/aromatic N) is 2. The topological polar surface area (TPSA) is 69.7 Å². The molecule has 0 bridgehead atoms. The SMILES string of the molecule is C=CCN(CC=C)C(=O)CN1C(=O)NC(C)(c2ccc(Br)cc2)C1=O. The highest BCUT2D eigenvalue weighted by molar-refractivity contribution is 9.10. The van der Waals surface area contributed by atoms with Crippen LogP contribution in [0, 0.1) is 0 Å². The number of hydrogen-bond donors (Lipinski definition) is 1. The second kappa shape index (κ2) is 7.65. The van der Waals surface area contributed by atoms with E-state index in [0.717, 1.165) is 9.37 Å². The standard InChI is InChI=1S/C18H20BrN3O3/c1-4-10-21(11-5-2)15(23)12-22-16(24)18(3,20-17(22)25)13-6-8-14(19)9-7-13/h4-9H,1-2,10-12H2,3H3,(H,20,25). The molecule has 1 fully saturated rings. The fraction of sp³-hybridized carbons (Fsp3) is 0.278. The van der Waals surface area contributed by atoms with E-state index in [2.05, 4.69) is 34.4 Å². The quantitative estimate of drug-likeness (QED) is 0.559. The Balaban J connectivity index is 2.20. The minimum absolute atomic E-state index is 0.318. The van der Waals surface area contributed by atoms with Crippen molar-refractivity contribution < 1.29 is 14.4 Å². The lowest BCUT2D eigenvalue weighted by molar-refractivity contribution is -0.138. The molecule has 2 rings (SSSR count). The van der Waals surface area contributed by atoms with Gasteiger partial charge in [0.25, 0.3) is 5.91 Å². The van der Waals surface area contributed by atoms with E-state index in [1.54, 1.807) is 43.3 Å². The van der Waals surface area contributed by atoms with Crippen molar-refractivity contribution in [2.75, 3.05) is 19.6 Å². The van der Waals surface area contributed by atoms with Gasteiger partial charge in [-0.05, 0) is 24.6 Å². The zero-order chi connectivity index (χ0) is 18.6. The summed E-state index contributed by atoms with van der Waals surface area (Å²) >= 11 is 3.34. The lowest BCUT2D eigenvalue weighted by atomic mass is 9.92. The van der Waals surface area contributed by atoms with Crippen molar-refractivity contribution in [3.8, 4) is 0 Å². The number of benzene rings is 1. The van der Waals surface area contributed by atoms with Crippen LogP contribution in [-0.4, -0.2) is 47.3 Å². The molecule has 6 nitrogen and oxygen atoms in total. The summed E-state index contributed by atoms with van der Waals surface area (Å²) in [5, 5.41) is 2.69. The minimum atomic E-state index is -1.19. The molecule has 1 aromatic rings. The first kappa shape index (κ1) is 18.9. The Hall–Kier alpha value is -2.41. The normalized spacial score (nSPS) is 19.5. The number of halogens is 1. The van der Waals surface area contributed by atoms with Crippen molar-refractivity contribution in [2.24, 2.45) is 0 Å². The Morgan fingerprint density at radius 2 is 1.80 bits per heavy atom. The third kappa shape index (κ3) is 3.82. The maximum atomic E-state index is 12.8. The highest BCUT2D eigenvalue weighted by atomic mass is 79.9. The molecule has 1 N–H and O–H groups in total. The number of imide groups is 1. The lowest BCUT2D eigenvalue weighted by Gasteiger charge is -2.24. The molecule has 0 saturated carbocycles. The third-order valence-electron chi connectivity index (χ3n) is 4.04. The van der Waals surface area contributed by atoms with E-state index in [1.807, 2.05) is 0 Å². The van der Waals surface area contributed by atoms with Gasteiger partial charge in [-0.2, -0.15) is 0 Å². The van der Waals surface area contributed by atoms with Crippen LogP contribution in [0.5, 0.6) is 0 Å². The van der Waals surface area contributed by atoms with E-state index in [9.17, 15) is 14.4 Å². The smallest absolute Gasteiger partial charge is 0.325 e. The fourth-order valence-corrected chi connectivity index (χ4v) is 2.91. The Morgan fingerprint density at radius 3 is 2.32 bits per heavy atom. The maximum absolute atomic E-state index is 12.8. The number of carbonyl (C=O) groups is 3. The molecule has 1 aliphatic rings. The first-order chi connectivity index (χ1) is 11.8. The van der Waals surface area contributed by atoms with Gasteiger partial charge in [0.15, 0.2) is 0 Å². The molecule has 1 atom stereocenters. The molecule has 1 unspecified atom stereocenters. The number of hydrogen-bond acceptors (Lipinski definition) is 3. The van der Waals surface area contributed by atoms with E-state index >= 15 is 0 Å². The summed E-state index contributed by atoms with van der Waals surface area (Å²) in [6.45, 7) is 9.16. The minimum Gasteiger partial charge on any atom is -0.334 e. The first-order valence-corrected chi connectivity index (χ1v) is 8.52. The van der Waals surface area contributed by atoms with Crippen molar-refractivity contribution >= 4 is 33.8 Å². The Bertz CT molecular complexity index is 707. The lowest BCUT2D eigenvalue weighted by Crippen LogP contribution is -2.44. The Kier molecular flexibility index (Phi) is 5.79. The summed E-state index contributed by atoms with van der Waals surface area (Å²) in [5.74, 6) is -0.798. The second-order valence-corrected chi connectivity index (χ2v) is 6.75. The van der Waals surface area contributed by atoms with Crippen LogP contribution in [-0.2, 0) is 15.1 Å². The van der Waals surface area contributed by atoms with E-state index in [0.29, 0.717) is 18.7 Å². The van der Waals surface area contributed by atoms with Crippen LogP contribution in [0.3, 0.4) is 0 Å². The number of amides is 4. The Morgan fingerprint density at radius 1 is 1.24 bits per heavy atom. The van der Waals surface area contributed by atoms with Crippen molar-refractivity contribution in [3.63, 3.8) is 0 Å². The molecule has 0 aromatic heterocycles. The highest BCUT2D eigenvalue weighted by Crippen LogP contribution is 2.29. The van der Waals surface area contributed by atoms with Crippen LogP contribution in [0.1, 0.15) is 12.5 Å². The molecule has 25 heavy (non-hydrogen) atoms. The zero-order valence-corrected chi connectivity index (χ0v) is 15.6. The van der Waals surface area contributed by atoms with Gasteiger partial charge in [0.05, 0.1) is 0 Å². The molecule has 1 heterocycles. The van der Waals surface area contributed by atoms with Gasteiger partial charge in [-0.15, -0.1) is 13.2 Å². The van der Waals surface area contributed by atoms with Crippen LogP contribution in [0.2, 0.25) is 0 Å². The van der Waals surface area contributed by atoms with Crippen LogP contribution in [0.25, 0.3) is 0 Å². The third-order valence-corrected chi connectivity index (χ3v) is 4.57. The van der Waals surface area contributed by atoms with Crippen molar-refractivity contribution in [1.29, 1.82) is 0 Å². The molecule has 1 aliphatic heterocycles. The average Bonchev–Trinajstić information content (AvgIpc) is 2.79. The number of urea groups is 1. The van der Waals surface area contributed by atoms with E-state index in [1.165, 1.54) is 4.90 Å². The van der Waals surface area contributed by atoms with Gasteiger partial charge in [0.1, 0.15) is 12.1 Å². The second-order valence-electron chi connectivity index (χ2n) is 5.83. The molecule has 1 aromatic carbocycles. The van der Waals surface area contributed by atoms with Gasteiger partial charge in [-0.3, -0.25) is 14.5 Å². The molecule has 0 radical (unpaired) electrons.